The molecule has 3 rings (SSSR count). The average molecular weight is 323 g/mol. The van der Waals surface area contributed by atoms with E-state index in [1.165, 1.54) is 6.07 Å². The molecule has 1 unspecified atom stereocenters. The van der Waals surface area contributed by atoms with Gasteiger partial charge in [-0.15, -0.1) is 11.6 Å². The number of imidazole rings is 1. The third-order valence-corrected chi connectivity index (χ3v) is 3.92. The number of alkyl halides is 1. The van der Waals surface area contributed by atoms with Crippen molar-refractivity contribution in [1.82, 2.24) is 9.55 Å². The van der Waals surface area contributed by atoms with Crippen LogP contribution in [-0.4, -0.2) is 9.55 Å². The highest BCUT2D eigenvalue weighted by Crippen LogP contribution is 2.32. The molecule has 3 aromatic rings. The summed E-state index contributed by atoms with van der Waals surface area (Å²) >= 11 is 12.1. The summed E-state index contributed by atoms with van der Waals surface area (Å²) in [5, 5.41) is -0.272. The van der Waals surface area contributed by atoms with Gasteiger partial charge in [0.25, 0.3) is 0 Å². The number of halogens is 3. The molecule has 108 valence electrons. The number of hydrogen-bond donors (Lipinski definition) is 0. The number of fused-ring (bicyclic) bond motifs is 1. The van der Waals surface area contributed by atoms with E-state index in [1.807, 2.05) is 32.0 Å². The van der Waals surface area contributed by atoms with Gasteiger partial charge in [0, 0.05) is 0 Å². The Balaban J connectivity index is 2.45. The van der Waals surface area contributed by atoms with Crippen LogP contribution in [-0.2, 0) is 0 Å². The van der Waals surface area contributed by atoms with E-state index in [1.54, 1.807) is 16.7 Å². The molecular weight excluding hydrogens is 310 g/mol. The second-order valence-corrected chi connectivity index (χ2v) is 6.00. The molecule has 0 radical (unpaired) electrons. The number of hydrogen-bond acceptors (Lipinski definition) is 1. The van der Waals surface area contributed by atoms with E-state index >= 15 is 0 Å². The van der Waals surface area contributed by atoms with E-state index in [0.717, 1.165) is 16.6 Å². The van der Waals surface area contributed by atoms with Crippen molar-refractivity contribution in [3.05, 3.63) is 58.6 Å². The zero-order chi connectivity index (χ0) is 15.1. The Morgan fingerprint density at radius 2 is 1.90 bits per heavy atom. The SMILES string of the molecule is Cc1cccc2nc(C(C)Cl)n(-c3cccc(Cl)c3F)c12. The van der Waals surface area contributed by atoms with Gasteiger partial charge in [-0.25, -0.2) is 9.37 Å². The summed E-state index contributed by atoms with van der Waals surface area (Å²) in [5.74, 6) is 0.127. The highest BCUT2D eigenvalue weighted by Gasteiger charge is 2.20. The summed E-state index contributed by atoms with van der Waals surface area (Å²) in [4.78, 5) is 4.54. The number of benzene rings is 2. The van der Waals surface area contributed by atoms with E-state index in [2.05, 4.69) is 4.98 Å². The van der Waals surface area contributed by atoms with Gasteiger partial charge in [0.1, 0.15) is 5.82 Å². The molecule has 0 saturated carbocycles. The molecule has 1 aromatic heterocycles. The molecule has 1 heterocycles. The fourth-order valence-electron chi connectivity index (χ4n) is 2.49. The van der Waals surface area contributed by atoms with E-state index in [4.69, 9.17) is 23.2 Å². The number of para-hydroxylation sites is 1. The Bertz CT molecular complexity index is 825. The molecule has 5 heteroatoms. The van der Waals surface area contributed by atoms with Gasteiger partial charge in [-0.05, 0) is 37.6 Å². The molecule has 0 N–H and O–H groups in total. The van der Waals surface area contributed by atoms with Gasteiger partial charge in [-0.2, -0.15) is 0 Å². The standard InChI is InChI=1S/C16H13Cl2FN2/c1-9-5-3-7-12-15(9)21(16(20-12)10(2)17)13-8-4-6-11(18)14(13)19/h3-8,10H,1-2H3. The first-order chi connectivity index (χ1) is 10.0. The van der Waals surface area contributed by atoms with Crippen LogP contribution in [0.1, 0.15) is 23.7 Å². The zero-order valence-electron chi connectivity index (χ0n) is 11.6. The maximum atomic E-state index is 14.4. The van der Waals surface area contributed by atoms with Gasteiger partial charge in [0.2, 0.25) is 0 Å². The summed E-state index contributed by atoms with van der Waals surface area (Å²) in [6.07, 6.45) is 0. The summed E-state index contributed by atoms with van der Waals surface area (Å²) in [7, 11) is 0. The van der Waals surface area contributed by atoms with Crippen LogP contribution in [0.3, 0.4) is 0 Å². The second-order valence-electron chi connectivity index (χ2n) is 4.94. The van der Waals surface area contributed by atoms with Crippen molar-refractivity contribution in [3.8, 4) is 5.69 Å². The van der Waals surface area contributed by atoms with Gasteiger partial charge in [0.05, 0.1) is 27.1 Å². The lowest BCUT2D eigenvalue weighted by Gasteiger charge is -2.13. The van der Waals surface area contributed by atoms with Crippen molar-refractivity contribution in [2.24, 2.45) is 0 Å². The average Bonchev–Trinajstić information content (AvgIpc) is 2.83. The minimum atomic E-state index is -0.472. The largest absolute Gasteiger partial charge is 0.292 e. The molecule has 0 aliphatic heterocycles. The highest BCUT2D eigenvalue weighted by molar-refractivity contribution is 6.30. The van der Waals surface area contributed by atoms with Crippen molar-refractivity contribution < 1.29 is 4.39 Å². The van der Waals surface area contributed by atoms with Crippen LogP contribution in [0.2, 0.25) is 5.02 Å². The number of nitrogens with zero attached hydrogens (tertiary/aromatic N) is 2. The van der Waals surface area contributed by atoms with Crippen LogP contribution in [0, 0.1) is 12.7 Å². The fraction of sp³-hybridized carbons (Fsp3) is 0.188. The van der Waals surface area contributed by atoms with Crippen LogP contribution < -0.4 is 0 Å². The number of aromatic nitrogens is 2. The number of rotatable bonds is 2. The van der Waals surface area contributed by atoms with Gasteiger partial charge in [-0.3, -0.25) is 4.57 Å². The van der Waals surface area contributed by atoms with Gasteiger partial charge >= 0.3 is 0 Å². The van der Waals surface area contributed by atoms with Crippen LogP contribution in [0.25, 0.3) is 16.7 Å². The first-order valence-corrected chi connectivity index (χ1v) is 7.38. The molecule has 0 saturated heterocycles. The van der Waals surface area contributed by atoms with Crippen LogP contribution in [0.15, 0.2) is 36.4 Å². The molecular formula is C16H13Cl2FN2. The fourth-order valence-corrected chi connectivity index (χ4v) is 2.80. The Kier molecular flexibility index (Phi) is 3.64. The highest BCUT2D eigenvalue weighted by atomic mass is 35.5. The Morgan fingerprint density at radius 3 is 2.62 bits per heavy atom. The lowest BCUT2D eigenvalue weighted by atomic mass is 10.2. The minimum absolute atomic E-state index is 0.0797. The van der Waals surface area contributed by atoms with E-state index < -0.39 is 5.82 Å². The molecule has 21 heavy (non-hydrogen) atoms. The van der Waals surface area contributed by atoms with E-state index in [-0.39, 0.29) is 10.4 Å². The Morgan fingerprint density at radius 1 is 1.19 bits per heavy atom. The molecule has 0 spiro atoms. The second kappa shape index (κ2) is 5.32. The van der Waals surface area contributed by atoms with Gasteiger partial charge in [0.15, 0.2) is 5.82 Å². The smallest absolute Gasteiger partial charge is 0.165 e. The number of aryl methyl sites for hydroxylation is 1. The molecule has 1 atom stereocenters. The van der Waals surface area contributed by atoms with Crippen LogP contribution in [0.4, 0.5) is 4.39 Å². The minimum Gasteiger partial charge on any atom is -0.292 e. The van der Waals surface area contributed by atoms with Gasteiger partial charge in [-0.1, -0.05) is 29.8 Å². The first kappa shape index (κ1) is 14.4. The molecule has 0 bridgehead atoms. The third kappa shape index (κ3) is 2.30. The van der Waals surface area contributed by atoms with Crippen molar-refractivity contribution >= 4 is 34.2 Å². The predicted molar refractivity (Wildman–Crippen MR) is 85.0 cm³/mol. The van der Waals surface area contributed by atoms with Crippen molar-refractivity contribution in [1.29, 1.82) is 0 Å². The van der Waals surface area contributed by atoms with Gasteiger partial charge < -0.3 is 0 Å². The van der Waals surface area contributed by atoms with Crippen molar-refractivity contribution in [3.63, 3.8) is 0 Å². The maximum Gasteiger partial charge on any atom is 0.165 e. The van der Waals surface area contributed by atoms with E-state index in [9.17, 15) is 4.39 Å². The normalized spacial score (nSPS) is 12.8. The topological polar surface area (TPSA) is 17.8 Å². The lowest BCUT2D eigenvalue weighted by molar-refractivity contribution is 0.617. The quantitative estimate of drug-likeness (QED) is 0.575. The van der Waals surface area contributed by atoms with Crippen LogP contribution >= 0.6 is 23.2 Å². The molecule has 0 amide bonds. The summed E-state index contributed by atoms with van der Waals surface area (Å²) < 4.78 is 16.2. The predicted octanol–water partition coefficient (Wildman–Crippen LogP) is 5.43. The summed E-state index contributed by atoms with van der Waals surface area (Å²) in [6, 6.07) is 10.7. The molecule has 0 aliphatic carbocycles. The lowest BCUT2D eigenvalue weighted by Crippen LogP contribution is -2.05. The molecule has 0 aliphatic rings. The summed E-state index contributed by atoms with van der Waals surface area (Å²) in [5.41, 5.74) is 3.00. The molecule has 0 fully saturated rings. The maximum absolute atomic E-state index is 14.4. The molecule has 2 nitrogen and oxygen atoms in total. The first-order valence-electron chi connectivity index (χ1n) is 6.57. The third-order valence-electron chi connectivity index (χ3n) is 3.43. The van der Waals surface area contributed by atoms with Crippen molar-refractivity contribution in [2.75, 3.05) is 0 Å². The Hall–Kier alpha value is -1.58. The monoisotopic (exact) mass is 322 g/mol. The Labute approximate surface area is 132 Å². The van der Waals surface area contributed by atoms with Crippen LogP contribution in [0.5, 0.6) is 0 Å². The summed E-state index contributed by atoms with van der Waals surface area (Å²) in [6.45, 7) is 3.78. The van der Waals surface area contributed by atoms with E-state index in [0.29, 0.717) is 11.5 Å². The molecule has 2 aromatic carbocycles. The van der Waals surface area contributed by atoms with Crippen molar-refractivity contribution in [2.45, 2.75) is 19.2 Å². The zero-order valence-corrected chi connectivity index (χ0v) is 13.1.